The van der Waals surface area contributed by atoms with Gasteiger partial charge in [0.2, 0.25) is 5.95 Å². The Balaban J connectivity index is 1.41. The van der Waals surface area contributed by atoms with Gasteiger partial charge in [-0.25, -0.2) is 9.97 Å². The van der Waals surface area contributed by atoms with Gasteiger partial charge in [0.05, 0.1) is 7.11 Å². The van der Waals surface area contributed by atoms with E-state index < -0.39 is 0 Å². The van der Waals surface area contributed by atoms with E-state index in [1.165, 1.54) is 31.2 Å². The minimum absolute atomic E-state index is 0.0994. The van der Waals surface area contributed by atoms with Crippen LogP contribution in [-0.2, 0) is 5.41 Å². The van der Waals surface area contributed by atoms with E-state index in [9.17, 15) is 0 Å². The zero-order valence-corrected chi connectivity index (χ0v) is 18.0. The fourth-order valence-corrected chi connectivity index (χ4v) is 4.83. The predicted molar refractivity (Wildman–Crippen MR) is 120 cm³/mol. The van der Waals surface area contributed by atoms with Crippen molar-refractivity contribution >= 4 is 11.9 Å². The van der Waals surface area contributed by atoms with Gasteiger partial charge >= 0.3 is 0 Å². The Morgan fingerprint density at radius 2 is 1.77 bits per heavy atom. The van der Waals surface area contributed by atoms with Gasteiger partial charge < -0.3 is 19.9 Å². The smallest absolute Gasteiger partial charge is 0.225 e. The fourth-order valence-electron chi connectivity index (χ4n) is 4.83. The van der Waals surface area contributed by atoms with Crippen molar-refractivity contribution in [2.45, 2.75) is 31.1 Å². The van der Waals surface area contributed by atoms with Crippen LogP contribution in [0.4, 0.5) is 5.95 Å². The highest BCUT2D eigenvalue weighted by atomic mass is 16.5. The molecule has 1 aliphatic carbocycles. The average Bonchev–Trinajstić information content (AvgIpc) is 3.30. The molecule has 1 aliphatic heterocycles. The molecule has 2 heterocycles. The minimum atomic E-state index is 0.0994. The van der Waals surface area contributed by atoms with Crippen molar-refractivity contribution in [3.63, 3.8) is 0 Å². The number of anilines is 1. The lowest BCUT2D eigenvalue weighted by Gasteiger charge is -2.38. The molecular weight excluding hydrogens is 376 g/mol. The molecule has 1 aromatic heterocycles. The molecule has 0 radical (unpaired) electrons. The summed E-state index contributed by atoms with van der Waals surface area (Å²) in [5.41, 5.74) is 1.42. The zero-order chi connectivity index (χ0) is 20.8. The first-order valence-corrected chi connectivity index (χ1v) is 10.9. The fraction of sp³-hybridized carbons (Fsp3) is 0.522. The van der Waals surface area contributed by atoms with Gasteiger partial charge in [-0.05, 0) is 25.0 Å². The maximum Gasteiger partial charge on any atom is 0.225 e. The Bertz CT molecular complexity index is 842. The highest BCUT2D eigenvalue weighted by Crippen LogP contribution is 2.44. The number of ether oxygens (including phenoxy) is 1. The van der Waals surface area contributed by atoms with E-state index in [1.54, 1.807) is 19.5 Å². The van der Waals surface area contributed by atoms with Crippen LogP contribution in [0.3, 0.4) is 0 Å². The van der Waals surface area contributed by atoms with Crippen LogP contribution in [0.1, 0.15) is 31.2 Å². The summed E-state index contributed by atoms with van der Waals surface area (Å²) in [6, 6.07) is 10.3. The molecule has 1 aromatic carbocycles. The van der Waals surface area contributed by atoms with Crippen LogP contribution in [0.15, 0.2) is 47.7 Å². The molecule has 1 N–H and O–H groups in total. The number of hydrogen-bond acceptors (Lipinski definition) is 5. The van der Waals surface area contributed by atoms with E-state index in [4.69, 9.17) is 4.74 Å². The first-order chi connectivity index (χ1) is 14.8. The number of guanidine groups is 1. The summed E-state index contributed by atoms with van der Waals surface area (Å²) in [6.45, 7) is 4.46. The summed E-state index contributed by atoms with van der Waals surface area (Å²) in [6.07, 6.45) is 8.47. The Morgan fingerprint density at radius 3 is 2.43 bits per heavy atom. The van der Waals surface area contributed by atoms with E-state index >= 15 is 0 Å². The van der Waals surface area contributed by atoms with Crippen molar-refractivity contribution in [3.8, 4) is 5.75 Å². The Hall–Kier alpha value is -2.83. The summed E-state index contributed by atoms with van der Waals surface area (Å²) in [7, 11) is 3.64. The van der Waals surface area contributed by atoms with Gasteiger partial charge in [0.25, 0.3) is 0 Å². The minimum Gasteiger partial charge on any atom is -0.496 e. The van der Waals surface area contributed by atoms with Gasteiger partial charge in [-0.2, -0.15) is 0 Å². The topological polar surface area (TPSA) is 65.9 Å². The standard InChI is InChI=1S/C23H32N6O/c1-24-21(28-14-16-29(17-15-28)22-25-12-7-13-26-22)27-18-23(10-5-6-11-23)19-8-3-4-9-20(19)30-2/h3-4,7-9,12-13H,5-6,10-11,14-18H2,1-2H3,(H,24,27). The normalized spacial score (nSPS) is 19.1. The number of nitrogens with zero attached hydrogens (tertiary/aromatic N) is 5. The van der Waals surface area contributed by atoms with E-state index in [2.05, 4.69) is 48.3 Å². The monoisotopic (exact) mass is 408 g/mol. The van der Waals surface area contributed by atoms with Crippen LogP contribution in [0.5, 0.6) is 5.75 Å². The van der Waals surface area contributed by atoms with E-state index in [0.717, 1.165) is 50.4 Å². The number of nitrogens with one attached hydrogen (secondary N) is 1. The van der Waals surface area contributed by atoms with Crippen LogP contribution < -0.4 is 15.0 Å². The molecule has 1 saturated carbocycles. The van der Waals surface area contributed by atoms with Crippen LogP contribution >= 0.6 is 0 Å². The van der Waals surface area contributed by atoms with Gasteiger partial charge in [0, 0.05) is 63.1 Å². The maximum atomic E-state index is 5.70. The summed E-state index contributed by atoms with van der Waals surface area (Å²) >= 11 is 0. The van der Waals surface area contributed by atoms with Crippen LogP contribution in [0, 0.1) is 0 Å². The third kappa shape index (κ3) is 4.20. The zero-order valence-electron chi connectivity index (χ0n) is 18.0. The number of aromatic nitrogens is 2. The van der Waals surface area contributed by atoms with Crippen molar-refractivity contribution in [2.75, 3.05) is 51.8 Å². The lowest BCUT2D eigenvalue weighted by molar-refractivity contribution is 0.348. The van der Waals surface area contributed by atoms with Crippen molar-refractivity contribution in [1.29, 1.82) is 0 Å². The molecule has 1 saturated heterocycles. The van der Waals surface area contributed by atoms with E-state index in [1.807, 2.05) is 19.2 Å². The number of methoxy groups -OCH3 is 1. The van der Waals surface area contributed by atoms with Crippen LogP contribution in [-0.4, -0.2) is 67.7 Å². The van der Waals surface area contributed by atoms with Crippen molar-refractivity contribution < 1.29 is 4.74 Å². The first kappa shape index (κ1) is 20.4. The number of aliphatic imine (C=N–C) groups is 1. The molecular formula is C23H32N6O. The highest BCUT2D eigenvalue weighted by molar-refractivity contribution is 5.80. The number of para-hydroxylation sites is 1. The lowest BCUT2D eigenvalue weighted by atomic mass is 9.78. The van der Waals surface area contributed by atoms with Gasteiger partial charge in [0.1, 0.15) is 5.75 Å². The molecule has 7 nitrogen and oxygen atoms in total. The molecule has 4 rings (SSSR count). The third-order valence-electron chi connectivity index (χ3n) is 6.45. The second kappa shape index (κ2) is 9.32. The molecule has 2 fully saturated rings. The summed E-state index contributed by atoms with van der Waals surface area (Å²) in [4.78, 5) is 17.9. The first-order valence-electron chi connectivity index (χ1n) is 10.9. The van der Waals surface area contributed by atoms with E-state index in [-0.39, 0.29) is 5.41 Å². The Labute approximate surface area is 179 Å². The average molecular weight is 409 g/mol. The molecule has 0 unspecified atom stereocenters. The number of rotatable bonds is 5. The van der Waals surface area contributed by atoms with Gasteiger partial charge in [-0.15, -0.1) is 0 Å². The highest BCUT2D eigenvalue weighted by Gasteiger charge is 2.38. The summed E-state index contributed by atoms with van der Waals surface area (Å²) < 4.78 is 5.70. The Kier molecular flexibility index (Phi) is 6.35. The second-order valence-electron chi connectivity index (χ2n) is 8.11. The van der Waals surface area contributed by atoms with Crippen molar-refractivity contribution in [3.05, 3.63) is 48.3 Å². The number of hydrogen-bond donors (Lipinski definition) is 1. The molecule has 7 heteroatoms. The molecule has 0 amide bonds. The largest absolute Gasteiger partial charge is 0.496 e. The summed E-state index contributed by atoms with van der Waals surface area (Å²) in [5, 5.41) is 3.70. The number of piperazine rings is 1. The third-order valence-corrected chi connectivity index (χ3v) is 6.45. The lowest BCUT2D eigenvalue weighted by Crippen LogP contribution is -2.54. The maximum absolute atomic E-state index is 5.70. The quantitative estimate of drug-likeness (QED) is 0.606. The van der Waals surface area contributed by atoms with Gasteiger partial charge in [-0.3, -0.25) is 4.99 Å². The molecule has 0 bridgehead atoms. The second-order valence-corrected chi connectivity index (χ2v) is 8.11. The SMILES string of the molecule is CN=C(NCC1(c2ccccc2OC)CCCC1)N1CCN(c2ncccn2)CC1. The van der Waals surface area contributed by atoms with Crippen LogP contribution in [0.2, 0.25) is 0 Å². The number of benzene rings is 1. The molecule has 2 aliphatic rings. The molecule has 0 spiro atoms. The van der Waals surface area contributed by atoms with Crippen LogP contribution in [0.25, 0.3) is 0 Å². The Morgan fingerprint density at radius 1 is 1.07 bits per heavy atom. The molecule has 160 valence electrons. The van der Waals surface area contributed by atoms with E-state index in [0.29, 0.717) is 0 Å². The summed E-state index contributed by atoms with van der Waals surface area (Å²) in [5.74, 6) is 2.78. The molecule has 2 aromatic rings. The molecule has 0 atom stereocenters. The predicted octanol–water partition coefficient (Wildman–Crippen LogP) is 2.69. The van der Waals surface area contributed by atoms with Gasteiger partial charge in [-0.1, -0.05) is 31.0 Å². The van der Waals surface area contributed by atoms with Crippen molar-refractivity contribution in [1.82, 2.24) is 20.2 Å². The molecule has 30 heavy (non-hydrogen) atoms. The van der Waals surface area contributed by atoms with Gasteiger partial charge in [0.15, 0.2) is 5.96 Å². The van der Waals surface area contributed by atoms with Crippen molar-refractivity contribution in [2.24, 2.45) is 4.99 Å².